The van der Waals surface area contributed by atoms with Crippen LogP contribution in [0.5, 0.6) is 0 Å². The summed E-state index contributed by atoms with van der Waals surface area (Å²) in [5.74, 6) is 1.32. The van der Waals surface area contributed by atoms with Crippen LogP contribution >= 0.6 is 15.9 Å². The Balaban J connectivity index is 1.49. The van der Waals surface area contributed by atoms with Gasteiger partial charge >= 0.3 is 0 Å². The van der Waals surface area contributed by atoms with E-state index in [0.29, 0.717) is 30.4 Å². The largest absolute Gasteiger partial charge is 0.395 e. The zero-order valence-corrected chi connectivity index (χ0v) is 18.4. The molecule has 10 nitrogen and oxygen atoms in total. The summed E-state index contributed by atoms with van der Waals surface area (Å²) in [6.45, 7) is 2.79. The standard InChI is InChI=1S/C20H22BrN9O/c21-15-5-1-2-6-16(15)30-12-14(26-27-30)11-29-13-23-17-18(22-7-10-31)24-20(25-19(17)29)28-8-3-4-9-28/h1-2,5-6,12-13,31H,3-4,7-11H2,(H,22,24,25). The second-order valence-corrected chi connectivity index (χ2v) is 8.22. The summed E-state index contributed by atoms with van der Waals surface area (Å²) >= 11 is 3.55. The van der Waals surface area contributed by atoms with Crippen LogP contribution < -0.4 is 10.2 Å². The van der Waals surface area contributed by atoms with Gasteiger partial charge in [-0.05, 0) is 40.9 Å². The van der Waals surface area contributed by atoms with Crippen LogP contribution in [0.15, 0.2) is 41.3 Å². The molecule has 0 unspecified atom stereocenters. The number of aliphatic hydroxyl groups is 1. The summed E-state index contributed by atoms with van der Waals surface area (Å²) in [5.41, 5.74) is 3.12. The van der Waals surface area contributed by atoms with Gasteiger partial charge in [-0.2, -0.15) is 9.97 Å². The number of nitrogens with one attached hydrogen (secondary N) is 1. The molecule has 2 N–H and O–H groups in total. The summed E-state index contributed by atoms with van der Waals surface area (Å²) < 4.78 is 4.65. The monoisotopic (exact) mass is 483 g/mol. The molecule has 3 aromatic heterocycles. The van der Waals surface area contributed by atoms with E-state index in [1.165, 1.54) is 0 Å². The predicted octanol–water partition coefficient (Wildman–Crippen LogP) is 2.22. The summed E-state index contributed by atoms with van der Waals surface area (Å²) in [7, 11) is 0. The molecule has 31 heavy (non-hydrogen) atoms. The van der Waals surface area contributed by atoms with Gasteiger partial charge in [-0.25, -0.2) is 9.67 Å². The molecule has 1 fully saturated rings. The van der Waals surface area contributed by atoms with Crippen molar-refractivity contribution in [3.05, 3.63) is 47.0 Å². The van der Waals surface area contributed by atoms with E-state index in [9.17, 15) is 5.11 Å². The minimum atomic E-state index is 0.0173. The van der Waals surface area contributed by atoms with E-state index in [1.54, 1.807) is 11.0 Å². The van der Waals surface area contributed by atoms with Crippen molar-refractivity contribution >= 4 is 38.9 Å². The van der Waals surface area contributed by atoms with E-state index in [2.05, 4.69) is 46.4 Å². The van der Waals surface area contributed by atoms with Crippen molar-refractivity contribution in [2.24, 2.45) is 0 Å². The molecule has 0 saturated carbocycles. The van der Waals surface area contributed by atoms with Gasteiger partial charge in [-0.1, -0.05) is 17.3 Å². The summed E-state index contributed by atoms with van der Waals surface area (Å²) in [5, 5.41) is 21.0. The van der Waals surface area contributed by atoms with Crippen molar-refractivity contribution in [2.45, 2.75) is 19.4 Å². The van der Waals surface area contributed by atoms with Gasteiger partial charge in [0.25, 0.3) is 0 Å². The maximum atomic E-state index is 9.23. The number of hydrogen-bond donors (Lipinski definition) is 2. The van der Waals surface area contributed by atoms with Crippen LogP contribution in [0.3, 0.4) is 0 Å². The van der Waals surface area contributed by atoms with Gasteiger partial charge in [0.15, 0.2) is 17.0 Å². The maximum Gasteiger partial charge on any atom is 0.229 e. The van der Waals surface area contributed by atoms with Crippen molar-refractivity contribution in [3.63, 3.8) is 0 Å². The Labute approximate surface area is 187 Å². The Morgan fingerprint density at radius 2 is 1.97 bits per heavy atom. The molecule has 1 aliphatic rings. The smallest absolute Gasteiger partial charge is 0.229 e. The Kier molecular flexibility index (Phi) is 5.51. The van der Waals surface area contributed by atoms with Crippen LogP contribution in [0.2, 0.25) is 0 Å². The molecule has 4 aromatic rings. The first kappa shape index (κ1) is 19.9. The quantitative estimate of drug-likeness (QED) is 0.411. The Morgan fingerprint density at radius 1 is 1.13 bits per heavy atom. The third-order valence-corrected chi connectivity index (χ3v) is 5.89. The highest BCUT2D eigenvalue weighted by Crippen LogP contribution is 2.25. The fourth-order valence-corrected chi connectivity index (χ4v) is 4.17. The number of benzene rings is 1. The lowest BCUT2D eigenvalue weighted by Gasteiger charge is -2.16. The van der Waals surface area contributed by atoms with Crippen LogP contribution in [0.25, 0.3) is 16.9 Å². The molecule has 0 aliphatic carbocycles. The molecule has 4 heterocycles. The molecule has 0 spiro atoms. The zero-order valence-electron chi connectivity index (χ0n) is 16.8. The van der Waals surface area contributed by atoms with E-state index in [1.807, 2.05) is 35.0 Å². The fourth-order valence-electron chi connectivity index (χ4n) is 3.71. The normalized spacial score (nSPS) is 13.9. The second kappa shape index (κ2) is 8.60. The van der Waals surface area contributed by atoms with Crippen LogP contribution in [0, 0.1) is 0 Å². The van der Waals surface area contributed by atoms with E-state index in [-0.39, 0.29) is 6.61 Å². The molecule has 1 aliphatic heterocycles. The van der Waals surface area contributed by atoms with Crippen molar-refractivity contribution in [1.82, 2.24) is 34.5 Å². The first-order valence-electron chi connectivity index (χ1n) is 10.2. The van der Waals surface area contributed by atoms with Crippen LogP contribution in [-0.4, -0.2) is 65.9 Å². The van der Waals surface area contributed by atoms with Crippen LogP contribution in [-0.2, 0) is 6.54 Å². The van der Waals surface area contributed by atoms with Gasteiger partial charge in [0, 0.05) is 24.1 Å². The van der Waals surface area contributed by atoms with Gasteiger partial charge in [0.05, 0.1) is 31.4 Å². The highest BCUT2D eigenvalue weighted by molar-refractivity contribution is 9.10. The maximum absolute atomic E-state index is 9.23. The minimum absolute atomic E-state index is 0.0173. The highest BCUT2D eigenvalue weighted by Gasteiger charge is 2.20. The van der Waals surface area contributed by atoms with Crippen LogP contribution in [0.4, 0.5) is 11.8 Å². The average molecular weight is 484 g/mol. The third-order valence-electron chi connectivity index (χ3n) is 5.22. The number of halogens is 1. The summed E-state index contributed by atoms with van der Waals surface area (Å²) in [4.78, 5) is 16.2. The Morgan fingerprint density at radius 3 is 2.77 bits per heavy atom. The lowest BCUT2D eigenvalue weighted by atomic mass is 10.3. The Hall–Kier alpha value is -3.05. The number of para-hydroxylation sites is 1. The van der Waals surface area contributed by atoms with Gasteiger partial charge in [0.1, 0.15) is 5.69 Å². The number of rotatable bonds is 7. The van der Waals surface area contributed by atoms with Gasteiger partial charge in [0.2, 0.25) is 5.95 Å². The number of imidazole rings is 1. The van der Waals surface area contributed by atoms with Gasteiger partial charge in [-0.3, -0.25) is 0 Å². The molecule has 160 valence electrons. The first-order valence-corrected chi connectivity index (χ1v) is 11.0. The predicted molar refractivity (Wildman–Crippen MR) is 121 cm³/mol. The first-order chi connectivity index (χ1) is 15.2. The summed E-state index contributed by atoms with van der Waals surface area (Å²) in [6, 6.07) is 7.87. The molecule has 11 heteroatoms. The lowest BCUT2D eigenvalue weighted by molar-refractivity contribution is 0.311. The minimum Gasteiger partial charge on any atom is -0.395 e. The van der Waals surface area contributed by atoms with Gasteiger partial charge in [-0.15, -0.1) is 5.10 Å². The van der Waals surface area contributed by atoms with Crippen LogP contribution in [0.1, 0.15) is 18.5 Å². The van der Waals surface area contributed by atoms with Crippen molar-refractivity contribution in [3.8, 4) is 5.69 Å². The van der Waals surface area contributed by atoms with Gasteiger partial charge < -0.3 is 19.9 Å². The topological polar surface area (TPSA) is 110 Å². The molecular formula is C20H22BrN9O. The van der Waals surface area contributed by atoms with E-state index < -0.39 is 0 Å². The van der Waals surface area contributed by atoms with Crippen molar-refractivity contribution in [2.75, 3.05) is 36.5 Å². The molecule has 0 bridgehead atoms. The number of hydrogen-bond acceptors (Lipinski definition) is 8. The van der Waals surface area contributed by atoms with E-state index in [0.717, 1.165) is 47.4 Å². The van der Waals surface area contributed by atoms with Crippen molar-refractivity contribution in [1.29, 1.82) is 0 Å². The number of nitrogens with zero attached hydrogens (tertiary/aromatic N) is 8. The zero-order chi connectivity index (χ0) is 21.2. The second-order valence-electron chi connectivity index (χ2n) is 7.37. The summed E-state index contributed by atoms with van der Waals surface area (Å²) in [6.07, 6.45) is 5.92. The van der Waals surface area contributed by atoms with E-state index >= 15 is 0 Å². The molecule has 0 atom stereocenters. The van der Waals surface area contributed by atoms with E-state index in [4.69, 9.17) is 4.98 Å². The lowest BCUT2D eigenvalue weighted by Crippen LogP contribution is -2.21. The molecule has 0 radical (unpaired) electrons. The number of anilines is 2. The third kappa shape index (κ3) is 3.98. The SMILES string of the molecule is OCCNc1nc(N2CCCC2)nc2c1ncn2Cc1cn(-c2ccccc2Br)nn1. The molecule has 1 saturated heterocycles. The number of fused-ring (bicyclic) bond motifs is 1. The molecule has 1 aromatic carbocycles. The molecular weight excluding hydrogens is 462 g/mol. The molecule has 0 amide bonds. The number of aliphatic hydroxyl groups excluding tert-OH is 1. The average Bonchev–Trinajstić information content (AvgIpc) is 3.54. The van der Waals surface area contributed by atoms with Crippen molar-refractivity contribution < 1.29 is 5.11 Å². The highest BCUT2D eigenvalue weighted by atomic mass is 79.9. The molecule has 5 rings (SSSR count). The Bertz CT molecular complexity index is 1200. The number of aromatic nitrogens is 7. The fraction of sp³-hybridized carbons (Fsp3) is 0.350.